The second kappa shape index (κ2) is 12.2. The zero-order valence-corrected chi connectivity index (χ0v) is 18.0. The number of aliphatic imine (C=N–C) groups is 1. The highest BCUT2D eigenvalue weighted by molar-refractivity contribution is 6.04. The van der Waals surface area contributed by atoms with E-state index in [1.165, 1.54) is 0 Å². The molecule has 0 aromatic heterocycles. The van der Waals surface area contributed by atoms with Crippen LogP contribution in [-0.4, -0.2) is 66.3 Å². The molecule has 0 aliphatic carbocycles. The minimum atomic E-state index is 0.111. The van der Waals surface area contributed by atoms with Gasteiger partial charge < -0.3 is 15.7 Å². The number of benzene rings is 1. The summed E-state index contributed by atoms with van der Waals surface area (Å²) in [6.07, 6.45) is 2.49. The Balaban J connectivity index is 0.00000190. The Bertz CT molecular complexity index is 665. The van der Waals surface area contributed by atoms with Crippen molar-refractivity contribution < 1.29 is 9.90 Å². The van der Waals surface area contributed by atoms with Gasteiger partial charge in [-0.15, -0.1) is 0 Å². The molecule has 1 amide bonds. The molecule has 1 aromatic carbocycles. The van der Waals surface area contributed by atoms with E-state index in [9.17, 15) is 9.90 Å². The molecule has 1 fully saturated rings. The van der Waals surface area contributed by atoms with Crippen LogP contribution in [0.2, 0.25) is 0 Å². The van der Waals surface area contributed by atoms with Gasteiger partial charge in [0, 0.05) is 50.9 Å². The van der Waals surface area contributed by atoms with Crippen molar-refractivity contribution >= 4 is 11.6 Å². The predicted molar refractivity (Wildman–Crippen MR) is 117 cm³/mol. The first kappa shape index (κ1) is 23.7. The summed E-state index contributed by atoms with van der Waals surface area (Å²) in [5, 5.41) is 9.73. The molecule has 156 valence electrons. The molecule has 1 heterocycles. The van der Waals surface area contributed by atoms with E-state index in [0.29, 0.717) is 32.7 Å². The van der Waals surface area contributed by atoms with Crippen LogP contribution in [0.5, 0.6) is 5.75 Å². The molecule has 0 radical (unpaired) electrons. The third-order valence-electron chi connectivity index (χ3n) is 4.98. The molecule has 6 nitrogen and oxygen atoms in total. The van der Waals surface area contributed by atoms with Crippen LogP contribution in [0.3, 0.4) is 0 Å². The van der Waals surface area contributed by atoms with Crippen LogP contribution in [-0.2, 0) is 4.79 Å². The van der Waals surface area contributed by atoms with Crippen molar-refractivity contribution in [1.29, 1.82) is 0 Å². The lowest BCUT2D eigenvalue weighted by molar-refractivity contribution is -0.132. The number of nitrogens with zero attached hydrogens (tertiary/aromatic N) is 3. The van der Waals surface area contributed by atoms with Gasteiger partial charge in [0.1, 0.15) is 5.75 Å². The van der Waals surface area contributed by atoms with Gasteiger partial charge in [0.05, 0.1) is 12.3 Å². The SMILES string of the molecule is CC.CCC(CN(CC)C(=O)CN1CC(=NC)/C(=C\N)C1)c1cccc(O)c1. The van der Waals surface area contributed by atoms with Gasteiger partial charge in [-0.3, -0.25) is 14.7 Å². The fourth-order valence-corrected chi connectivity index (χ4v) is 3.39. The van der Waals surface area contributed by atoms with Crippen LogP contribution in [0.1, 0.15) is 45.6 Å². The molecule has 0 bridgehead atoms. The summed E-state index contributed by atoms with van der Waals surface area (Å²) < 4.78 is 0. The normalized spacial score (nSPS) is 18.0. The van der Waals surface area contributed by atoms with Gasteiger partial charge in [-0.25, -0.2) is 0 Å². The Hall–Kier alpha value is -2.34. The van der Waals surface area contributed by atoms with Crippen molar-refractivity contribution in [3.63, 3.8) is 0 Å². The van der Waals surface area contributed by atoms with Crippen LogP contribution in [0.25, 0.3) is 0 Å². The van der Waals surface area contributed by atoms with Crippen LogP contribution in [0.4, 0.5) is 0 Å². The highest BCUT2D eigenvalue weighted by atomic mass is 16.3. The average Bonchev–Trinajstić information content (AvgIpc) is 3.12. The molecule has 6 heteroatoms. The zero-order valence-electron chi connectivity index (χ0n) is 18.0. The maximum atomic E-state index is 12.8. The van der Waals surface area contributed by atoms with E-state index in [0.717, 1.165) is 23.3 Å². The number of aromatic hydroxyl groups is 1. The summed E-state index contributed by atoms with van der Waals surface area (Å²) in [6, 6.07) is 7.31. The number of carbonyl (C=O) groups is 1. The third-order valence-corrected chi connectivity index (χ3v) is 4.98. The Morgan fingerprint density at radius 3 is 2.57 bits per heavy atom. The Labute approximate surface area is 169 Å². The van der Waals surface area contributed by atoms with Crippen molar-refractivity contribution in [3.8, 4) is 5.75 Å². The number of phenolic OH excluding ortho intramolecular Hbond substituents is 1. The molecule has 1 unspecified atom stereocenters. The fourth-order valence-electron chi connectivity index (χ4n) is 3.39. The molecule has 0 saturated carbocycles. The maximum Gasteiger partial charge on any atom is 0.236 e. The van der Waals surface area contributed by atoms with E-state index in [4.69, 9.17) is 5.73 Å². The molecule has 28 heavy (non-hydrogen) atoms. The molecule has 1 aliphatic rings. The van der Waals surface area contributed by atoms with Crippen molar-refractivity contribution in [3.05, 3.63) is 41.6 Å². The van der Waals surface area contributed by atoms with Gasteiger partial charge in [-0.05, 0) is 31.0 Å². The van der Waals surface area contributed by atoms with E-state index in [2.05, 4.69) is 16.8 Å². The quantitative estimate of drug-likeness (QED) is 0.752. The highest BCUT2D eigenvalue weighted by Crippen LogP contribution is 2.24. The van der Waals surface area contributed by atoms with Gasteiger partial charge in [0.2, 0.25) is 5.91 Å². The van der Waals surface area contributed by atoms with E-state index < -0.39 is 0 Å². The standard InChI is InChI=1S/C20H30N4O2.C2H6/c1-4-15(16-7-6-8-18(25)9-16)12-24(5-2)20(26)14-23-11-17(10-21)19(13-23)22-3;1-2/h6-10,15,25H,4-5,11-14,21H2,1-3H3;1-2H3/b17-10-,22-19?;. The van der Waals surface area contributed by atoms with Gasteiger partial charge in [0.25, 0.3) is 0 Å². The van der Waals surface area contributed by atoms with Gasteiger partial charge >= 0.3 is 0 Å². The van der Waals surface area contributed by atoms with Crippen LogP contribution < -0.4 is 5.73 Å². The Morgan fingerprint density at radius 2 is 2.07 bits per heavy atom. The monoisotopic (exact) mass is 388 g/mol. The number of hydrogen-bond acceptors (Lipinski definition) is 5. The maximum absolute atomic E-state index is 12.8. The Kier molecular flexibility index (Phi) is 10.3. The second-order valence-electron chi connectivity index (χ2n) is 6.64. The first-order valence-corrected chi connectivity index (χ1v) is 10.2. The van der Waals surface area contributed by atoms with E-state index >= 15 is 0 Å². The van der Waals surface area contributed by atoms with E-state index in [1.807, 2.05) is 37.8 Å². The minimum Gasteiger partial charge on any atom is -0.508 e. The Morgan fingerprint density at radius 1 is 1.36 bits per heavy atom. The molecule has 2 rings (SSSR count). The van der Waals surface area contributed by atoms with E-state index in [-0.39, 0.29) is 17.6 Å². The minimum absolute atomic E-state index is 0.111. The number of amides is 1. The zero-order chi connectivity index (χ0) is 21.1. The van der Waals surface area contributed by atoms with Gasteiger partial charge in [-0.2, -0.15) is 0 Å². The molecule has 0 spiro atoms. The smallest absolute Gasteiger partial charge is 0.236 e. The lowest BCUT2D eigenvalue weighted by atomic mass is 9.95. The molecular formula is C22H36N4O2. The largest absolute Gasteiger partial charge is 0.508 e. The molecular weight excluding hydrogens is 352 g/mol. The predicted octanol–water partition coefficient (Wildman–Crippen LogP) is 2.99. The van der Waals surface area contributed by atoms with E-state index in [1.54, 1.807) is 25.4 Å². The van der Waals surface area contributed by atoms with Crippen molar-refractivity contribution in [1.82, 2.24) is 9.80 Å². The first-order chi connectivity index (χ1) is 13.5. The number of likely N-dealkylation sites (N-methyl/N-ethyl adjacent to an activating group) is 1. The number of hydrogen-bond donors (Lipinski definition) is 2. The number of carbonyl (C=O) groups excluding carboxylic acids is 1. The molecule has 1 saturated heterocycles. The van der Waals surface area contributed by atoms with Crippen molar-refractivity contribution in [2.45, 2.75) is 40.0 Å². The first-order valence-electron chi connectivity index (χ1n) is 10.2. The topological polar surface area (TPSA) is 82.2 Å². The van der Waals surface area contributed by atoms with Crippen LogP contribution in [0.15, 0.2) is 41.0 Å². The van der Waals surface area contributed by atoms with Gasteiger partial charge in [0.15, 0.2) is 0 Å². The molecule has 1 aromatic rings. The molecule has 1 aliphatic heterocycles. The second-order valence-corrected chi connectivity index (χ2v) is 6.64. The summed E-state index contributed by atoms with van der Waals surface area (Å²) in [5.41, 5.74) is 8.67. The lowest BCUT2D eigenvalue weighted by Gasteiger charge is -2.28. The van der Waals surface area contributed by atoms with Crippen molar-refractivity contribution in [2.24, 2.45) is 10.7 Å². The number of nitrogens with two attached hydrogens (primary N) is 1. The summed E-state index contributed by atoms with van der Waals surface area (Å²) in [5.74, 6) is 0.580. The summed E-state index contributed by atoms with van der Waals surface area (Å²) >= 11 is 0. The van der Waals surface area contributed by atoms with Gasteiger partial charge in [-0.1, -0.05) is 32.9 Å². The van der Waals surface area contributed by atoms with Crippen LogP contribution in [0, 0.1) is 0 Å². The summed E-state index contributed by atoms with van der Waals surface area (Å²) in [6.45, 7) is 11.1. The lowest BCUT2D eigenvalue weighted by Crippen LogP contribution is -2.41. The number of likely N-dealkylation sites (tertiary alicyclic amines) is 1. The third kappa shape index (κ3) is 6.37. The summed E-state index contributed by atoms with van der Waals surface area (Å²) in [4.78, 5) is 21.0. The number of rotatable bonds is 7. The van der Waals surface area contributed by atoms with Crippen molar-refractivity contribution in [2.75, 3.05) is 39.8 Å². The summed E-state index contributed by atoms with van der Waals surface area (Å²) in [7, 11) is 1.75. The molecule has 1 atom stereocenters. The highest BCUT2D eigenvalue weighted by Gasteiger charge is 2.26. The fraction of sp³-hybridized carbons (Fsp3) is 0.545. The molecule has 3 N–H and O–H groups in total. The number of phenols is 1. The average molecular weight is 389 g/mol. The van der Waals surface area contributed by atoms with Crippen LogP contribution >= 0.6 is 0 Å².